The third-order valence-corrected chi connectivity index (χ3v) is 3.74. The lowest BCUT2D eigenvalue weighted by atomic mass is 10.1. The second-order valence-electron chi connectivity index (χ2n) is 4.44. The zero-order valence-electron chi connectivity index (χ0n) is 9.62. The molecule has 0 unspecified atom stereocenters. The molecule has 2 aromatic rings. The lowest BCUT2D eigenvalue weighted by Gasteiger charge is -2.00. The van der Waals surface area contributed by atoms with Crippen LogP contribution in [-0.2, 0) is 6.54 Å². The Labute approximate surface area is 115 Å². The summed E-state index contributed by atoms with van der Waals surface area (Å²) in [4.78, 5) is 0. The number of rotatable bonds is 4. The van der Waals surface area contributed by atoms with Crippen LogP contribution in [0.5, 0.6) is 0 Å². The van der Waals surface area contributed by atoms with Gasteiger partial charge in [-0.15, -0.1) is 0 Å². The van der Waals surface area contributed by atoms with Gasteiger partial charge >= 0.3 is 0 Å². The molecule has 0 aliphatic heterocycles. The fraction of sp³-hybridized carbons (Fsp3) is 0.308. The first kappa shape index (κ1) is 12.0. The van der Waals surface area contributed by atoms with Gasteiger partial charge in [-0.2, -0.15) is 0 Å². The Bertz CT molecular complexity index is 564. The second-order valence-corrected chi connectivity index (χ2v) is 5.22. The van der Waals surface area contributed by atoms with Gasteiger partial charge < -0.3 is 9.84 Å². The molecule has 1 aliphatic carbocycles. The number of halogens is 2. The second kappa shape index (κ2) is 4.92. The van der Waals surface area contributed by atoms with E-state index in [9.17, 15) is 0 Å². The van der Waals surface area contributed by atoms with Crippen molar-refractivity contribution in [2.45, 2.75) is 25.4 Å². The molecule has 0 amide bonds. The molecule has 0 bridgehead atoms. The third kappa shape index (κ3) is 2.53. The minimum atomic E-state index is 0.497. The minimum Gasteiger partial charge on any atom is -0.356 e. The molecule has 5 heteroatoms. The summed E-state index contributed by atoms with van der Waals surface area (Å²) in [6.45, 7) is 0.729. The molecule has 0 saturated heterocycles. The quantitative estimate of drug-likeness (QED) is 0.924. The first-order valence-corrected chi connectivity index (χ1v) is 6.63. The Kier molecular flexibility index (Phi) is 3.29. The van der Waals surface area contributed by atoms with E-state index in [-0.39, 0.29) is 0 Å². The van der Waals surface area contributed by atoms with Crippen molar-refractivity contribution in [3.05, 3.63) is 40.0 Å². The van der Waals surface area contributed by atoms with Crippen molar-refractivity contribution in [2.75, 3.05) is 0 Å². The Morgan fingerprint density at radius 3 is 2.94 bits per heavy atom. The van der Waals surface area contributed by atoms with Gasteiger partial charge in [-0.1, -0.05) is 34.4 Å². The van der Waals surface area contributed by atoms with Crippen molar-refractivity contribution in [3.63, 3.8) is 0 Å². The molecule has 0 atom stereocenters. The molecule has 1 heterocycles. The van der Waals surface area contributed by atoms with E-state index in [0.29, 0.717) is 21.8 Å². The predicted octanol–water partition coefficient (Wildman–Crippen LogP) is 3.90. The van der Waals surface area contributed by atoms with E-state index in [1.807, 2.05) is 18.2 Å². The van der Waals surface area contributed by atoms with Crippen molar-refractivity contribution >= 4 is 23.2 Å². The topological polar surface area (TPSA) is 38.1 Å². The van der Waals surface area contributed by atoms with Gasteiger partial charge in [-0.05, 0) is 25.0 Å². The molecule has 18 heavy (non-hydrogen) atoms. The molecule has 0 radical (unpaired) electrons. The lowest BCUT2D eigenvalue weighted by Crippen LogP contribution is -2.15. The van der Waals surface area contributed by atoms with E-state index in [2.05, 4.69) is 10.5 Å². The van der Waals surface area contributed by atoms with Gasteiger partial charge in [0.1, 0.15) is 0 Å². The van der Waals surface area contributed by atoms with Crippen molar-refractivity contribution in [1.29, 1.82) is 0 Å². The smallest absolute Gasteiger partial charge is 0.168 e. The van der Waals surface area contributed by atoms with Crippen LogP contribution in [-0.4, -0.2) is 11.2 Å². The Balaban J connectivity index is 1.80. The number of hydrogen-bond donors (Lipinski definition) is 1. The largest absolute Gasteiger partial charge is 0.356 e. The summed E-state index contributed by atoms with van der Waals surface area (Å²) in [5.74, 6) is 0.648. The number of nitrogens with one attached hydrogen (secondary N) is 1. The van der Waals surface area contributed by atoms with Gasteiger partial charge in [0.25, 0.3) is 0 Å². The van der Waals surface area contributed by atoms with Gasteiger partial charge in [0.05, 0.1) is 15.7 Å². The Morgan fingerprint density at radius 1 is 1.33 bits per heavy atom. The van der Waals surface area contributed by atoms with Crippen LogP contribution in [0.3, 0.4) is 0 Å². The fourth-order valence-electron chi connectivity index (χ4n) is 1.75. The molecule has 3 rings (SSSR count). The maximum absolute atomic E-state index is 6.14. The maximum Gasteiger partial charge on any atom is 0.168 e. The first-order chi connectivity index (χ1) is 8.74. The summed E-state index contributed by atoms with van der Waals surface area (Å²) in [7, 11) is 0. The first-order valence-electron chi connectivity index (χ1n) is 5.87. The highest BCUT2D eigenvalue weighted by Crippen LogP contribution is 2.33. The molecular weight excluding hydrogens is 271 g/mol. The van der Waals surface area contributed by atoms with Gasteiger partial charge in [0.2, 0.25) is 0 Å². The van der Waals surface area contributed by atoms with E-state index in [4.69, 9.17) is 27.7 Å². The number of nitrogens with zero attached hydrogens (tertiary/aromatic N) is 1. The predicted molar refractivity (Wildman–Crippen MR) is 71.8 cm³/mol. The Hall–Kier alpha value is -1.03. The van der Waals surface area contributed by atoms with Crippen molar-refractivity contribution < 1.29 is 4.52 Å². The number of aromatic nitrogens is 1. The zero-order chi connectivity index (χ0) is 12.5. The minimum absolute atomic E-state index is 0.497. The molecule has 1 saturated carbocycles. The average Bonchev–Trinajstić information content (AvgIpc) is 3.08. The van der Waals surface area contributed by atoms with Crippen LogP contribution in [0.15, 0.2) is 28.8 Å². The molecule has 3 nitrogen and oxygen atoms in total. The van der Waals surface area contributed by atoms with Crippen molar-refractivity contribution in [1.82, 2.24) is 10.5 Å². The molecule has 1 N–H and O–H groups in total. The number of benzene rings is 1. The molecule has 1 aromatic heterocycles. The standard InChI is InChI=1S/C13H12Cl2N2O/c14-11-3-1-2-10(13(11)15)12-6-9(17-18-12)7-16-8-4-5-8/h1-3,6,8,16H,4-5,7H2. The van der Waals surface area contributed by atoms with E-state index in [1.54, 1.807) is 6.07 Å². The monoisotopic (exact) mass is 282 g/mol. The van der Waals surface area contributed by atoms with Gasteiger partial charge in [-0.25, -0.2) is 0 Å². The summed E-state index contributed by atoms with van der Waals surface area (Å²) in [5.41, 5.74) is 1.65. The summed E-state index contributed by atoms with van der Waals surface area (Å²) < 4.78 is 5.31. The summed E-state index contributed by atoms with van der Waals surface area (Å²) in [6.07, 6.45) is 2.51. The molecule has 94 valence electrons. The highest BCUT2D eigenvalue weighted by Gasteiger charge is 2.21. The summed E-state index contributed by atoms with van der Waals surface area (Å²) in [5, 5.41) is 8.42. The third-order valence-electron chi connectivity index (χ3n) is 2.93. The molecule has 1 aliphatic rings. The normalized spacial score (nSPS) is 15.0. The molecule has 1 aromatic carbocycles. The van der Waals surface area contributed by atoms with Gasteiger partial charge in [0.15, 0.2) is 5.76 Å². The highest BCUT2D eigenvalue weighted by molar-refractivity contribution is 6.43. The SMILES string of the molecule is Clc1cccc(-c2cc(CNC3CC3)no2)c1Cl. The summed E-state index contributed by atoms with van der Waals surface area (Å²) >= 11 is 12.1. The van der Waals surface area contributed by atoms with Crippen LogP contribution >= 0.6 is 23.2 Å². The Morgan fingerprint density at radius 2 is 2.17 bits per heavy atom. The summed E-state index contributed by atoms with van der Waals surface area (Å²) in [6, 6.07) is 8.01. The van der Waals surface area contributed by atoms with Gasteiger partial charge in [0, 0.05) is 24.2 Å². The van der Waals surface area contributed by atoms with Crippen LogP contribution in [0.1, 0.15) is 18.5 Å². The molecule has 0 spiro atoms. The fourth-order valence-corrected chi connectivity index (χ4v) is 2.15. The highest BCUT2D eigenvalue weighted by atomic mass is 35.5. The van der Waals surface area contributed by atoms with Crippen molar-refractivity contribution in [2.24, 2.45) is 0 Å². The zero-order valence-corrected chi connectivity index (χ0v) is 11.1. The van der Waals surface area contributed by atoms with Crippen LogP contribution in [0, 0.1) is 0 Å². The van der Waals surface area contributed by atoms with E-state index in [0.717, 1.165) is 17.8 Å². The van der Waals surface area contributed by atoms with Gasteiger partial charge in [-0.3, -0.25) is 0 Å². The van der Waals surface area contributed by atoms with Crippen LogP contribution in [0.2, 0.25) is 10.0 Å². The maximum atomic E-state index is 6.14. The van der Waals surface area contributed by atoms with E-state index < -0.39 is 0 Å². The van der Waals surface area contributed by atoms with E-state index in [1.165, 1.54) is 12.8 Å². The molecular formula is C13H12Cl2N2O. The van der Waals surface area contributed by atoms with E-state index >= 15 is 0 Å². The van der Waals surface area contributed by atoms with Crippen molar-refractivity contribution in [3.8, 4) is 11.3 Å². The number of hydrogen-bond acceptors (Lipinski definition) is 3. The van der Waals surface area contributed by atoms with Crippen LogP contribution in [0.25, 0.3) is 11.3 Å². The average molecular weight is 283 g/mol. The van der Waals surface area contributed by atoms with Crippen LogP contribution < -0.4 is 5.32 Å². The molecule has 1 fully saturated rings. The van der Waals surface area contributed by atoms with Crippen LogP contribution in [0.4, 0.5) is 0 Å². The lowest BCUT2D eigenvalue weighted by molar-refractivity contribution is 0.420.